The van der Waals surface area contributed by atoms with Gasteiger partial charge >= 0.3 is 5.97 Å². The van der Waals surface area contributed by atoms with Gasteiger partial charge in [-0.1, -0.05) is 12.1 Å². The highest BCUT2D eigenvalue weighted by Crippen LogP contribution is 2.45. The first kappa shape index (κ1) is 13.6. The minimum atomic E-state index is -0.819. The Morgan fingerprint density at radius 3 is 2.76 bits per heavy atom. The van der Waals surface area contributed by atoms with Gasteiger partial charge in [-0.2, -0.15) is 0 Å². The number of carbonyl (C=O) groups is 2. The van der Waals surface area contributed by atoms with Crippen molar-refractivity contribution in [1.29, 1.82) is 0 Å². The van der Waals surface area contributed by atoms with Crippen molar-refractivity contribution in [2.75, 3.05) is 6.54 Å². The minimum absolute atomic E-state index is 0.136. The van der Waals surface area contributed by atoms with Gasteiger partial charge in [-0.05, 0) is 25.0 Å². The molecule has 6 nitrogen and oxygen atoms in total. The standard InChI is InChI=1S/C15H17N3O3/c19-13(16-9-15(7-8-15)14(20)21)6-5-12-17-10-3-1-2-4-11(10)18-12/h1-4H,5-9H2,(H,16,19)(H,17,18)(H,20,21). The van der Waals surface area contributed by atoms with Crippen LogP contribution < -0.4 is 5.32 Å². The second kappa shape index (κ2) is 5.20. The van der Waals surface area contributed by atoms with Gasteiger partial charge in [0.15, 0.2) is 0 Å². The summed E-state index contributed by atoms with van der Waals surface area (Å²) in [7, 11) is 0. The van der Waals surface area contributed by atoms with E-state index in [9.17, 15) is 9.59 Å². The molecule has 0 unspecified atom stereocenters. The molecule has 0 spiro atoms. The molecular formula is C15H17N3O3. The van der Waals surface area contributed by atoms with Crippen molar-refractivity contribution in [2.24, 2.45) is 5.41 Å². The van der Waals surface area contributed by atoms with Gasteiger partial charge < -0.3 is 15.4 Å². The molecule has 0 aliphatic heterocycles. The van der Waals surface area contributed by atoms with Gasteiger partial charge in [-0.15, -0.1) is 0 Å². The van der Waals surface area contributed by atoms with Gasteiger partial charge in [-0.3, -0.25) is 9.59 Å². The number of nitrogens with one attached hydrogen (secondary N) is 2. The van der Waals surface area contributed by atoms with Crippen LogP contribution in [-0.2, 0) is 16.0 Å². The third-order valence-electron chi connectivity index (χ3n) is 3.96. The highest BCUT2D eigenvalue weighted by molar-refractivity contribution is 5.81. The number of imidazole rings is 1. The van der Waals surface area contributed by atoms with Gasteiger partial charge in [0.1, 0.15) is 5.82 Å². The number of nitrogens with zero attached hydrogens (tertiary/aromatic N) is 1. The summed E-state index contributed by atoms with van der Waals surface area (Å²) in [5, 5.41) is 11.7. The number of amides is 1. The minimum Gasteiger partial charge on any atom is -0.481 e. The molecule has 6 heteroatoms. The lowest BCUT2D eigenvalue weighted by Crippen LogP contribution is -2.34. The van der Waals surface area contributed by atoms with Crippen molar-refractivity contribution in [2.45, 2.75) is 25.7 Å². The van der Waals surface area contributed by atoms with Crippen LogP contribution >= 0.6 is 0 Å². The van der Waals surface area contributed by atoms with Crippen LogP contribution in [0.2, 0.25) is 0 Å². The Balaban J connectivity index is 1.50. The number of rotatable bonds is 6. The molecular weight excluding hydrogens is 270 g/mol. The largest absolute Gasteiger partial charge is 0.481 e. The summed E-state index contributed by atoms with van der Waals surface area (Å²) in [4.78, 5) is 30.4. The van der Waals surface area contributed by atoms with Gasteiger partial charge in [0.05, 0.1) is 16.4 Å². The number of para-hydroxylation sites is 2. The summed E-state index contributed by atoms with van der Waals surface area (Å²) in [5.41, 5.74) is 1.13. The van der Waals surface area contributed by atoms with E-state index in [0.29, 0.717) is 25.7 Å². The number of aromatic amines is 1. The maximum Gasteiger partial charge on any atom is 0.311 e. The molecule has 1 aromatic heterocycles. The number of carboxylic acids is 1. The molecule has 2 aromatic rings. The summed E-state index contributed by atoms with van der Waals surface area (Å²) in [6.45, 7) is 0.224. The van der Waals surface area contributed by atoms with E-state index in [0.717, 1.165) is 16.9 Å². The van der Waals surface area contributed by atoms with Gasteiger partial charge in [0.2, 0.25) is 5.91 Å². The topological polar surface area (TPSA) is 95.1 Å². The van der Waals surface area contributed by atoms with E-state index in [4.69, 9.17) is 5.11 Å². The normalized spacial score (nSPS) is 15.8. The van der Waals surface area contributed by atoms with E-state index >= 15 is 0 Å². The predicted molar refractivity (Wildman–Crippen MR) is 76.7 cm³/mol. The number of aryl methyl sites for hydroxylation is 1. The maximum atomic E-state index is 11.8. The number of hydrogen-bond donors (Lipinski definition) is 3. The molecule has 1 aliphatic rings. The van der Waals surface area contributed by atoms with Crippen LogP contribution in [0.3, 0.4) is 0 Å². The molecule has 3 rings (SSSR count). The number of hydrogen-bond acceptors (Lipinski definition) is 3. The summed E-state index contributed by atoms with van der Waals surface area (Å²) in [5.74, 6) is -0.186. The van der Waals surface area contributed by atoms with Crippen molar-refractivity contribution in [3.63, 3.8) is 0 Å². The Hall–Kier alpha value is -2.37. The third-order valence-corrected chi connectivity index (χ3v) is 3.96. The van der Waals surface area contributed by atoms with Crippen LogP contribution in [0.15, 0.2) is 24.3 Å². The number of carbonyl (C=O) groups excluding carboxylic acids is 1. The number of carboxylic acid groups (broad SMARTS) is 1. The average Bonchev–Trinajstić information content (AvgIpc) is 3.15. The smallest absolute Gasteiger partial charge is 0.311 e. The molecule has 1 fully saturated rings. The van der Waals surface area contributed by atoms with E-state index in [1.807, 2.05) is 24.3 Å². The number of benzene rings is 1. The fourth-order valence-electron chi connectivity index (χ4n) is 2.33. The summed E-state index contributed by atoms with van der Waals surface area (Å²) >= 11 is 0. The zero-order valence-corrected chi connectivity index (χ0v) is 11.6. The monoisotopic (exact) mass is 287 g/mol. The first-order valence-electron chi connectivity index (χ1n) is 7.03. The number of fused-ring (bicyclic) bond motifs is 1. The maximum absolute atomic E-state index is 11.8. The van der Waals surface area contributed by atoms with Crippen molar-refractivity contribution in [1.82, 2.24) is 15.3 Å². The Morgan fingerprint density at radius 1 is 1.33 bits per heavy atom. The molecule has 110 valence electrons. The van der Waals surface area contributed by atoms with Crippen LogP contribution in [0, 0.1) is 5.41 Å². The molecule has 3 N–H and O–H groups in total. The average molecular weight is 287 g/mol. The number of aliphatic carboxylic acids is 1. The van der Waals surface area contributed by atoms with Crippen molar-refractivity contribution >= 4 is 22.9 Å². The van der Waals surface area contributed by atoms with Crippen LogP contribution in [-0.4, -0.2) is 33.5 Å². The summed E-state index contributed by atoms with van der Waals surface area (Å²) in [6.07, 6.45) is 2.11. The molecule has 0 bridgehead atoms. The van der Waals surface area contributed by atoms with Crippen LogP contribution in [0.1, 0.15) is 25.1 Å². The molecule has 1 heterocycles. The van der Waals surface area contributed by atoms with Crippen LogP contribution in [0.25, 0.3) is 11.0 Å². The van der Waals surface area contributed by atoms with Crippen LogP contribution in [0.5, 0.6) is 0 Å². The third kappa shape index (κ3) is 2.89. The highest BCUT2D eigenvalue weighted by Gasteiger charge is 2.50. The zero-order chi connectivity index (χ0) is 14.9. The molecule has 0 radical (unpaired) electrons. The zero-order valence-electron chi connectivity index (χ0n) is 11.6. The highest BCUT2D eigenvalue weighted by atomic mass is 16.4. The summed E-state index contributed by atoms with van der Waals surface area (Å²) < 4.78 is 0. The van der Waals surface area contributed by atoms with E-state index in [1.165, 1.54) is 0 Å². The lowest BCUT2D eigenvalue weighted by Gasteiger charge is -2.10. The number of H-pyrrole nitrogens is 1. The van der Waals surface area contributed by atoms with E-state index in [-0.39, 0.29) is 12.5 Å². The van der Waals surface area contributed by atoms with Crippen molar-refractivity contribution in [3.05, 3.63) is 30.1 Å². The Kier molecular flexibility index (Phi) is 3.37. The molecule has 1 aliphatic carbocycles. The van der Waals surface area contributed by atoms with E-state index in [2.05, 4.69) is 15.3 Å². The van der Waals surface area contributed by atoms with Gasteiger partial charge in [0.25, 0.3) is 0 Å². The molecule has 1 saturated carbocycles. The Bertz CT molecular complexity index is 655. The molecule has 21 heavy (non-hydrogen) atoms. The van der Waals surface area contributed by atoms with E-state index in [1.54, 1.807) is 0 Å². The number of aromatic nitrogens is 2. The lowest BCUT2D eigenvalue weighted by molar-refractivity contribution is -0.143. The van der Waals surface area contributed by atoms with Gasteiger partial charge in [0, 0.05) is 19.4 Å². The Morgan fingerprint density at radius 2 is 2.10 bits per heavy atom. The molecule has 0 atom stereocenters. The SMILES string of the molecule is O=C(CCc1nc2ccccc2[nH]1)NCC1(C(=O)O)CC1. The predicted octanol–water partition coefficient (Wildman–Crippen LogP) is 1.48. The second-order valence-electron chi connectivity index (χ2n) is 5.56. The first-order valence-corrected chi connectivity index (χ1v) is 7.03. The Labute approximate surface area is 121 Å². The lowest BCUT2D eigenvalue weighted by atomic mass is 10.1. The van der Waals surface area contributed by atoms with Crippen molar-refractivity contribution in [3.8, 4) is 0 Å². The first-order chi connectivity index (χ1) is 10.1. The summed E-state index contributed by atoms with van der Waals surface area (Å²) in [6, 6.07) is 7.70. The molecule has 1 amide bonds. The fourth-order valence-corrected chi connectivity index (χ4v) is 2.33. The fraction of sp³-hybridized carbons (Fsp3) is 0.400. The van der Waals surface area contributed by atoms with Crippen molar-refractivity contribution < 1.29 is 14.7 Å². The quantitative estimate of drug-likeness (QED) is 0.750. The second-order valence-corrected chi connectivity index (χ2v) is 5.56. The molecule has 1 aromatic carbocycles. The van der Waals surface area contributed by atoms with Crippen LogP contribution in [0.4, 0.5) is 0 Å². The van der Waals surface area contributed by atoms with Gasteiger partial charge in [-0.25, -0.2) is 4.98 Å². The van der Waals surface area contributed by atoms with E-state index < -0.39 is 11.4 Å². The molecule has 0 saturated heterocycles.